The lowest BCUT2D eigenvalue weighted by Crippen LogP contribution is -2.20. The first kappa shape index (κ1) is 24.7. The van der Waals surface area contributed by atoms with Crippen molar-refractivity contribution in [2.24, 2.45) is 5.41 Å². The van der Waals surface area contributed by atoms with Gasteiger partial charge in [-0.3, -0.25) is 10.6 Å². The molecule has 164 valence electrons. The quantitative estimate of drug-likeness (QED) is 0.186. The normalized spacial score (nSPS) is 10.5. The fraction of sp³-hybridized carbons (Fsp3) is 0.409. The van der Waals surface area contributed by atoms with E-state index >= 15 is 0 Å². The molecule has 2 amide bonds. The van der Waals surface area contributed by atoms with Crippen LogP contribution in [0.4, 0.5) is 21.0 Å². The van der Waals surface area contributed by atoms with Gasteiger partial charge < -0.3 is 14.2 Å². The average molecular weight is 418 g/mol. The summed E-state index contributed by atoms with van der Waals surface area (Å²) in [6.45, 7) is 15.1. The molecule has 2 N–H and O–H groups in total. The van der Waals surface area contributed by atoms with E-state index in [0.717, 1.165) is 11.6 Å². The number of nitrogens with one attached hydrogen (secondary N) is 2. The molecule has 0 saturated heterocycles. The van der Waals surface area contributed by atoms with E-state index in [2.05, 4.69) is 23.8 Å². The lowest BCUT2D eigenvalue weighted by Gasteiger charge is -2.24. The average Bonchev–Trinajstić information content (AvgIpc) is 2.66. The van der Waals surface area contributed by atoms with Crippen LogP contribution in [0.1, 0.15) is 32.8 Å². The zero-order chi connectivity index (χ0) is 22.7. The van der Waals surface area contributed by atoms with E-state index in [4.69, 9.17) is 14.2 Å². The third-order valence-corrected chi connectivity index (χ3v) is 4.55. The maximum Gasteiger partial charge on any atom is 0.411 e. The van der Waals surface area contributed by atoms with Gasteiger partial charge in [-0.25, -0.2) is 14.4 Å². The highest BCUT2D eigenvalue weighted by Gasteiger charge is 2.19. The number of esters is 1. The van der Waals surface area contributed by atoms with Gasteiger partial charge in [-0.1, -0.05) is 32.6 Å². The molecule has 0 saturated carbocycles. The molecule has 1 rings (SSSR count). The first-order valence-corrected chi connectivity index (χ1v) is 9.48. The van der Waals surface area contributed by atoms with Crippen LogP contribution >= 0.6 is 0 Å². The van der Waals surface area contributed by atoms with Crippen molar-refractivity contribution in [1.82, 2.24) is 0 Å². The molecule has 0 aliphatic carbocycles. The smallest absolute Gasteiger partial charge is 0.411 e. The minimum atomic E-state index is -0.687. The predicted molar refractivity (Wildman–Crippen MR) is 115 cm³/mol. The van der Waals surface area contributed by atoms with E-state index in [1.165, 1.54) is 0 Å². The number of hydrogen-bond acceptors (Lipinski definition) is 6. The van der Waals surface area contributed by atoms with Crippen molar-refractivity contribution in [3.05, 3.63) is 48.6 Å². The summed E-state index contributed by atoms with van der Waals surface area (Å²) in [5.74, 6) is -0.587. The highest BCUT2D eigenvalue weighted by atomic mass is 16.6. The van der Waals surface area contributed by atoms with Gasteiger partial charge in [0, 0.05) is 17.5 Å². The molecule has 0 fully saturated rings. The van der Waals surface area contributed by atoms with Crippen molar-refractivity contribution in [2.75, 3.05) is 30.5 Å². The molecule has 8 heteroatoms. The second-order valence-electron chi connectivity index (χ2n) is 7.34. The van der Waals surface area contributed by atoms with Gasteiger partial charge in [0.15, 0.2) is 0 Å². The summed E-state index contributed by atoms with van der Waals surface area (Å²) < 4.78 is 14.9. The Bertz CT molecular complexity index is 801. The van der Waals surface area contributed by atoms with Gasteiger partial charge in [-0.15, -0.1) is 0 Å². The topological polar surface area (TPSA) is 103 Å². The standard InChI is InChI=1S/C22H30N2O6/c1-7-19(25)28-12-13-30-21(27)24-18-9-8-17(14-16(18)4)23-20(26)29-11-10-22(5,6)15(2)3/h7-9,14H,1-2,10-13H2,3-6H3,(H,23,26)(H,24,27). The molecule has 1 aromatic carbocycles. The van der Waals surface area contributed by atoms with E-state index in [0.29, 0.717) is 23.4 Å². The van der Waals surface area contributed by atoms with Gasteiger partial charge in [-0.05, 0) is 49.4 Å². The monoisotopic (exact) mass is 418 g/mol. The second-order valence-corrected chi connectivity index (χ2v) is 7.34. The molecule has 0 heterocycles. The zero-order valence-electron chi connectivity index (χ0n) is 18.0. The van der Waals surface area contributed by atoms with Gasteiger partial charge in [0.05, 0.1) is 6.61 Å². The number of benzene rings is 1. The van der Waals surface area contributed by atoms with Crippen LogP contribution in [0.2, 0.25) is 0 Å². The minimum Gasteiger partial charge on any atom is -0.459 e. The van der Waals surface area contributed by atoms with Crippen molar-refractivity contribution in [3.63, 3.8) is 0 Å². The Labute approximate surface area is 177 Å². The minimum absolute atomic E-state index is 0.0637. The molecule has 0 bridgehead atoms. The molecule has 0 unspecified atom stereocenters. The molecular weight excluding hydrogens is 388 g/mol. The fourth-order valence-corrected chi connectivity index (χ4v) is 2.13. The van der Waals surface area contributed by atoms with E-state index in [1.54, 1.807) is 25.1 Å². The van der Waals surface area contributed by atoms with Crippen molar-refractivity contribution in [3.8, 4) is 0 Å². The van der Waals surface area contributed by atoms with Crippen molar-refractivity contribution >= 4 is 29.5 Å². The molecule has 0 aromatic heterocycles. The Balaban J connectivity index is 2.46. The van der Waals surface area contributed by atoms with Crippen LogP contribution < -0.4 is 10.6 Å². The van der Waals surface area contributed by atoms with E-state index < -0.39 is 18.2 Å². The Morgan fingerprint density at radius 2 is 1.63 bits per heavy atom. The zero-order valence-corrected chi connectivity index (χ0v) is 18.0. The van der Waals surface area contributed by atoms with Crippen LogP contribution in [-0.2, 0) is 19.0 Å². The van der Waals surface area contributed by atoms with Crippen LogP contribution in [0.25, 0.3) is 0 Å². The molecule has 0 spiro atoms. The SMILES string of the molecule is C=CC(=O)OCCOC(=O)Nc1ccc(NC(=O)OCCC(C)(C)C(=C)C)cc1C. The number of rotatable bonds is 10. The van der Waals surface area contributed by atoms with E-state index in [9.17, 15) is 14.4 Å². The number of carbonyl (C=O) groups excluding carboxylic acids is 3. The summed E-state index contributed by atoms with van der Waals surface area (Å²) in [5.41, 5.74) is 2.69. The highest BCUT2D eigenvalue weighted by Crippen LogP contribution is 2.28. The summed E-state index contributed by atoms with van der Waals surface area (Å²) in [6, 6.07) is 4.96. The molecular formula is C22H30N2O6. The van der Waals surface area contributed by atoms with Crippen LogP contribution in [-0.4, -0.2) is 38.0 Å². The molecule has 30 heavy (non-hydrogen) atoms. The number of amides is 2. The Morgan fingerprint density at radius 1 is 1.03 bits per heavy atom. The third kappa shape index (κ3) is 8.81. The predicted octanol–water partition coefficient (Wildman–Crippen LogP) is 4.81. The lowest BCUT2D eigenvalue weighted by molar-refractivity contribution is -0.138. The largest absolute Gasteiger partial charge is 0.459 e. The fourth-order valence-electron chi connectivity index (χ4n) is 2.13. The molecule has 0 aliphatic rings. The van der Waals surface area contributed by atoms with Gasteiger partial charge >= 0.3 is 18.2 Å². The van der Waals surface area contributed by atoms with Crippen molar-refractivity contribution < 1.29 is 28.6 Å². The van der Waals surface area contributed by atoms with Crippen LogP contribution in [0.5, 0.6) is 0 Å². The first-order chi connectivity index (χ1) is 14.0. The maximum atomic E-state index is 12.0. The van der Waals surface area contributed by atoms with Gasteiger partial charge in [0.2, 0.25) is 0 Å². The Kier molecular flexibility index (Phi) is 9.61. The second kappa shape index (κ2) is 11.6. The first-order valence-electron chi connectivity index (χ1n) is 9.48. The Morgan fingerprint density at radius 3 is 2.23 bits per heavy atom. The molecule has 0 atom stereocenters. The molecule has 0 radical (unpaired) electrons. The summed E-state index contributed by atoms with van der Waals surface area (Å²) in [4.78, 5) is 34.7. The van der Waals surface area contributed by atoms with E-state index in [1.807, 2.05) is 20.8 Å². The highest BCUT2D eigenvalue weighted by molar-refractivity contribution is 5.88. The molecule has 8 nitrogen and oxygen atoms in total. The number of ether oxygens (including phenoxy) is 3. The number of hydrogen-bond donors (Lipinski definition) is 2. The number of allylic oxidation sites excluding steroid dienone is 1. The summed E-state index contributed by atoms with van der Waals surface area (Å²) in [5, 5.41) is 5.23. The lowest BCUT2D eigenvalue weighted by atomic mass is 9.83. The van der Waals surface area contributed by atoms with Gasteiger partial charge in [-0.2, -0.15) is 0 Å². The van der Waals surface area contributed by atoms with E-state index in [-0.39, 0.29) is 25.2 Å². The van der Waals surface area contributed by atoms with Crippen LogP contribution in [0.3, 0.4) is 0 Å². The third-order valence-electron chi connectivity index (χ3n) is 4.55. The Hall–Kier alpha value is -3.29. The summed E-state index contributed by atoms with van der Waals surface area (Å²) in [6.07, 6.45) is 0.457. The van der Waals surface area contributed by atoms with Crippen LogP contribution in [0, 0.1) is 12.3 Å². The summed E-state index contributed by atoms with van der Waals surface area (Å²) >= 11 is 0. The number of aryl methyl sites for hydroxylation is 1. The molecule has 0 aliphatic heterocycles. The molecule has 1 aromatic rings. The van der Waals surface area contributed by atoms with Crippen LogP contribution in [0.15, 0.2) is 43.0 Å². The number of carbonyl (C=O) groups is 3. The van der Waals surface area contributed by atoms with Gasteiger partial charge in [0.25, 0.3) is 0 Å². The number of anilines is 2. The van der Waals surface area contributed by atoms with Gasteiger partial charge in [0.1, 0.15) is 13.2 Å². The van der Waals surface area contributed by atoms with Crippen molar-refractivity contribution in [1.29, 1.82) is 0 Å². The summed E-state index contributed by atoms with van der Waals surface area (Å²) in [7, 11) is 0. The maximum absolute atomic E-state index is 12.0. The van der Waals surface area contributed by atoms with Crippen molar-refractivity contribution in [2.45, 2.75) is 34.1 Å².